The zero-order chi connectivity index (χ0) is 16.4. The summed E-state index contributed by atoms with van der Waals surface area (Å²) in [5.41, 5.74) is 0.834. The van der Waals surface area contributed by atoms with E-state index in [1.807, 2.05) is 12.1 Å². The van der Waals surface area contributed by atoms with Crippen LogP contribution in [-0.2, 0) is 13.5 Å². The minimum atomic E-state index is -0.210. The van der Waals surface area contributed by atoms with E-state index in [0.717, 1.165) is 5.76 Å². The summed E-state index contributed by atoms with van der Waals surface area (Å²) < 4.78 is 6.89. The Bertz CT molecular complexity index is 970. The van der Waals surface area contributed by atoms with Crippen molar-refractivity contribution in [2.45, 2.75) is 6.42 Å². The van der Waals surface area contributed by atoms with Gasteiger partial charge in [0.05, 0.1) is 17.2 Å². The monoisotopic (exact) mass is 329 g/mol. The number of nitrogens with zero attached hydrogens (tertiary/aromatic N) is 1. The number of carbonyl (C=O) groups is 1. The minimum absolute atomic E-state index is 0.187. The quantitative estimate of drug-likeness (QED) is 0.719. The summed E-state index contributed by atoms with van der Waals surface area (Å²) in [5, 5.41) is 3.31. The van der Waals surface area contributed by atoms with Crippen LogP contribution < -0.4 is 10.9 Å². The van der Waals surface area contributed by atoms with Crippen LogP contribution in [0, 0.1) is 4.77 Å². The number of amides is 1. The second-order valence-corrected chi connectivity index (χ2v) is 5.53. The fraction of sp³-hybridized carbons (Fsp3) is 0.188. The molecule has 3 aromatic rings. The number of nitrogens with one attached hydrogen (secondary N) is 2. The summed E-state index contributed by atoms with van der Waals surface area (Å²) in [6, 6.07) is 8.56. The average Bonchev–Trinajstić information content (AvgIpc) is 3.05. The predicted molar refractivity (Wildman–Crippen MR) is 89.1 cm³/mol. The first-order valence-electron chi connectivity index (χ1n) is 7.10. The highest BCUT2D eigenvalue weighted by atomic mass is 32.1. The average molecular weight is 329 g/mol. The van der Waals surface area contributed by atoms with Gasteiger partial charge in [0.2, 0.25) is 0 Å². The summed E-state index contributed by atoms with van der Waals surface area (Å²) in [5.74, 6) is 0.606. The topological polar surface area (TPSA) is 80.0 Å². The molecule has 0 unspecified atom stereocenters. The second-order valence-electron chi connectivity index (χ2n) is 5.14. The molecule has 2 heterocycles. The molecular formula is C16H15N3O3S. The Kier molecular flexibility index (Phi) is 4.12. The van der Waals surface area contributed by atoms with Crippen LogP contribution >= 0.6 is 12.2 Å². The van der Waals surface area contributed by atoms with Crippen molar-refractivity contribution in [2.24, 2.45) is 7.05 Å². The SMILES string of the molecule is Cn1c(=S)[nH]c2cc(C(=O)NCCc3ccco3)ccc2c1=O. The molecule has 6 nitrogen and oxygen atoms in total. The number of carbonyl (C=O) groups excluding carboxylic acids is 1. The molecular weight excluding hydrogens is 314 g/mol. The Morgan fingerprint density at radius 2 is 2.22 bits per heavy atom. The lowest BCUT2D eigenvalue weighted by molar-refractivity contribution is 0.0954. The van der Waals surface area contributed by atoms with Crippen LogP contribution in [0.4, 0.5) is 0 Å². The van der Waals surface area contributed by atoms with Crippen LogP contribution in [0.1, 0.15) is 16.1 Å². The summed E-state index contributed by atoms with van der Waals surface area (Å²) in [6.45, 7) is 0.469. The van der Waals surface area contributed by atoms with Crippen molar-refractivity contribution in [1.29, 1.82) is 0 Å². The van der Waals surface area contributed by atoms with E-state index >= 15 is 0 Å². The van der Waals surface area contributed by atoms with E-state index in [1.165, 1.54) is 4.57 Å². The third-order valence-corrected chi connectivity index (χ3v) is 3.98. The Labute approximate surface area is 136 Å². The Morgan fingerprint density at radius 1 is 1.39 bits per heavy atom. The lowest BCUT2D eigenvalue weighted by Gasteiger charge is -2.06. The van der Waals surface area contributed by atoms with E-state index in [0.29, 0.717) is 34.2 Å². The molecule has 1 amide bonds. The zero-order valence-electron chi connectivity index (χ0n) is 12.5. The first-order valence-corrected chi connectivity index (χ1v) is 7.51. The highest BCUT2D eigenvalue weighted by Gasteiger charge is 2.09. The molecule has 0 radical (unpaired) electrons. The molecule has 0 aliphatic rings. The predicted octanol–water partition coefficient (Wildman–Crippen LogP) is 2.16. The third-order valence-electron chi connectivity index (χ3n) is 3.60. The number of rotatable bonds is 4. The number of aromatic amines is 1. The minimum Gasteiger partial charge on any atom is -0.469 e. The molecule has 23 heavy (non-hydrogen) atoms. The van der Waals surface area contributed by atoms with Gasteiger partial charge in [-0.2, -0.15) is 0 Å². The van der Waals surface area contributed by atoms with E-state index in [-0.39, 0.29) is 11.5 Å². The lowest BCUT2D eigenvalue weighted by atomic mass is 10.1. The maximum atomic E-state index is 12.2. The normalized spacial score (nSPS) is 10.8. The molecule has 0 bridgehead atoms. The number of hydrogen-bond donors (Lipinski definition) is 2. The maximum Gasteiger partial charge on any atom is 0.261 e. The van der Waals surface area contributed by atoms with Crippen LogP contribution in [-0.4, -0.2) is 22.0 Å². The molecule has 7 heteroatoms. The van der Waals surface area contributed by atoms with Gasteiger partial charge in [-0.25, -0.2) is 0 Å². The molecule has 0 aliphatic heterocycles. The number of H-pyrrole nitrogens is 1. The number of hydrogen-bond acceptors (Lipinski definition) is 4. The molecule has 2 N–H and O–H groups in total. The van der Waals surface area contributed by atoms with Gasteiger partial charge < -0.3 is 14.7 Å². The molecule has 118 valence electrons. The van der Waals surface area contributed by atoms with Crippen molar-refractivity contribution in [3.8, 4) is 0 Å². The van der Waals surface area contributed by atoms with Crippen molar-refractivity contribution in [3.63, 3.8) is 0 Å². The number of furan rings is 1. The van der Waals surface area contributed by atoms with Crippen molar-refractivity contribution >= 4 is 29.0 Å². The molecule has 0 fully saturated rings. The van der Waals surface area contributed by atoms with Gasteiger partial charge in [0.1, 0.15) is 5.76 Å². The van der Waals surface area contributed by atoms with Gasteiger partial charge in [0.15, 0.2) is 4.77 Å². The molecule has 0 atom stereocenters. The van der Waals surface area contributed by atoms with Gasteiger partial charge in [-0.3, -0.25) is 14.2 Å². The fourth-order valence-electron chi connectivity index (χ4n) is 2.30. The molecule has 3 rings (SSSR count). The maximum absolute atomic E-state index is 12.2. The van der Waals surface area contributed by atoms with Crippen LogP contribution in [0.3, 0.4) is 0 Å². The molecule has 0 saturated carbocycles. The number of benzene rings is 1. The smallest absolute Gasteiger partial charge is 0.261 e. The first-order chi connectivity index (χ1) is 11.1. The van der Waals surface area contributed by atoms with Crippen molar-refractivity contribution in [2.75, 3.05) is 6.54 Å². The van der Waals surface area contributed by atoms with E-state index in [4.69, 9.17) is 16.6 Å². The van der Waals surface area contributed by atoms with Crippen molar-refractivity contribution < 1.29 is 9.21 Å². The summed E-state index contributed by atoms with van der Waals surface area (Å²) in [6.07, 6.45) is 2.22. The van der Waals surface area contributed by atoms with Crippen LogP contribution in [0.2, 0.25) is 0 Å². The standard InChI is InChI=1S/C16H15N3O3S/c1-19-15(21)12-5-4-10(9-13(12)18-16(19)23)14(20)17-7-6-11-3-2-8-22-11/h2-5,8-9H,6-7H2,1H3,(H,17,20)(H,18,23). The van der Waals surface area contributed by atoms with E-state index in [1.54, 1.807) is 31.5 Å². The van der Waals surface area contributed by atoms with Gasteiger partial charge in [-0.15, -0.1) is 0 Å². The lowest BCUT2D eigenvalue weighted by Crippen LogP contribution is -2.26. The fourth-order valence-corrected chi connectivity index (χ4v) is 2.50. The van der Waals surface area contributed by atoms with Crippen molar-refractivity contribution in [3.05, 3.63) is 63.0 Å². The second kappa shape index (κ2) is 6.21. The van der Waals surface area contributed by atoms with E-state index < -0.39 is 0 Å². The van der Waals surface area contributed by atoms with Gasteiger partial charge in [0.25, 0.3) is 11.5 Å². The Balaban J connectivity index is 1.80. The highest BCUT2D eigenvalue weighted by molar-refractivity contribution is 7.71. The number of fused-ring (bicyclic) bond motifs is 1. The van der Waals surface area contributed by atoms with Gasteiger partial charge in [-0.1, -0.05) is 0 Å². The summed E-state index contributed by atoms with van der Waals surface area (Å²) >= 11 is 5.09. The highest BCUT2D eigenvalue weighted by Crippen LogP contribution is 2.10. The molecule has 0 aliphatic carbocycles. The van der Waals surface area contributed by atoms with Gasteiger partial charge in [-0.05, 0) is 42.5 Å². The summed E-state index contributed by atoms with van der Waals surface area (Å²) in [7, 11) is 1.61. The van der Waals surface area contributed by atoms with Crippen molar-refractivity contribution in [1.82, 2.24) is 14.9 Å². The number of aromatic nitrogens is 2. The first kappa shape index (κ1) is 15.2. The van der Waals surface area contributed by atoms with Crippen LogP contribution in [0.25, 0.3) is 10.9 Å². The molecule has 1 aromatic carbocycles. The van der Waals surface area contributed by atoms with E-state index in [2.05, 4.69) is 10.3 Å². The molecule has 0 saturated heterocycles. The van der Waals surface area contributed by atoms with E-state index in [9.17, 15) is 9.59 Å². The third kappa shape index (κ3) is 3.09. The van der Waals surface area contributed by atoms with Crippen LogP contribution in [0.5, 0.6) is 0 Å². The Morgan fingerprint density at radius 3 is 2.96 bits per heavy atom. The zero-order valence-corrected chi connectivity index (χ0v) is 13.3. The van der Waals surface area contributed by atoms with Crippen LogP contribution in [0.15, 0.2) is 45.8 Å². The van der Waals surface area contributed by atoms with Gasteiger partial charge in [0, 0.05) is 25.6 Å². The van der Waals surface area contributed by atoms with Gasteiger partial charge >= 0.3 is 0 Å². The Hall–Kier alpha value is -2.67. The largest absolute Gasteiger partial charge is 0.469 e. The molecule has 2 aromatic heterocycles. The summed E-state index contributed by atoms with van der Waals surface area (Å²) in [4.78, 5) is 27.2. The molecule has 0 spiro atoms.